The Hall–Kier alpha value is -9.56. The van der Waals surface area contributed by atoms with E-state index in [1.165, 1.54) is 156 Å². The molecule has 4 aliphatic rings. The van der Waals surface area contributed by atoms with Crippen molar-refractivity contribution in [2.24, 2.45) is 0 Å². The molecule has 0 fully saturated rings. The van der Waals surface area contributed by atoms with Crippen molar-refractivity contribution < 1.29 is 89.5 Å². The number of hydrogen-bond donors (Lipinski definition) is 0. The molecule has 0 amide bonds. The number of hydrogen-bond acceptors (Lipinski definition) is 0. The predicted molar refractivity (Wildman–Crippen MR) is 542 cm³/mol. The van der Waals surface area contributed by atoms with Gasteiger partial charge in [-0.05, 0) is 175 Å². The molecule has 0 spiro atoms. The summed E-state index contributed by atoms with van der Waals surface area (Å²) in [5.74, 6) is 10.0. The van der Waals surface area contributed by atoms with Gasteiger partial charge in [0.2, 0.25) is 0 Å². The van der Waals surface area contributed by atoms with Gasteiger partial charge in [-0.15, -0.1) is 58.7 Å². The monoisotopic (exact) mass is 2460 g/mol. The Bertz CT molecular complexity index is 5930. The molecule has 20 rings (SSSR count). The summed E-state index contributed by atoms with van der Waals surface area (Å²) in [7, 11) is -3.13. The van der Waals surface area contributed by atoms with E-state index in [9.17, 15) is 0 Å². The first-order valence-electron chi connectivity index (χ1n) is 43.0. The molecule has 644 valence electrons. The first-order chi connectivity index (χ1) is 60.4. The van der Waals surface area contributed by atoms with E-state index in [1.54, 1.807) is 0 Å². The van der Waals surface area contributed by atoms with Crippen LogP contribution < -0.4 is 42.4 Å². The van der Waals surface area contributed by atoms with Gasteiger partial charge in [0.15, 0.2) is 0 Å². The van der Waals surface area contributed by atoms with E-state index in [4.69, 9.17) is 25.7 Å². The summed E-state index contributed by atoms with van der Waals surface area (Å²) >= 11 is 0. The molecule has 0 aliphatic heterocycles. The summed E-state index contributed by atoms with van der Waals surface area (Å²) in [6, 6.07) is 148. The topological polar surface area (TPSA) is 0 Å². The van der Waals surface area contributed by atoms with Crippen molar-refractivity contribution >= 4 is 74.1 Å². The zero-order valence-corrected chi connectivity index (χ0v) is 86.0. The SMILES string of the molecule is [Au+].[Au+].[Au+].[Au+].[C-]#Cc1ccc2c(c1)-c1ccccc1C2(C)C.[C-]#Cc1ccc2c(c1)C(C)(C)c1ccccc1-2.[C-]#Cc1cccc2c1-c1ccccc1C2(C)C.[C-]#Cc1cccc2c1-c1ccccc1C2(C)C.c1ccc([PH+](CC[PH+](c2ccccc2)c2ccccc2)c2ccccc2)cc1.c1ccc([PH+](CC[PH+](c2ccccc2)c2ccccc2)c2ccccc2)cc1. The molecule has 0 saturated carbocycles. The second-order valence-corrected chi connectivity index (χ2v) is 44.4. The smallest absolute Gasteiger partial charge is 0.366 e. The van der Waals surface area contributed by atoms with Gasteiger partial charge in [0.05, 0.1) is 74.1 Å². The molecule has 0 saturated heterocycles. The van der Waals surface area contributed by atoms with Gasteiger partial charge in [0, 0.05) is 21.7 Å². The predicted octanol–water partition coefficient (Wildman–Crippen LogP) is 25.1. The zero-order chi connectivity index (χ0) is 86.2. The number of rotatable bonds is 14. The fraction of sp³-hybridized carbons (Fsp3) is 0.133. The fourth-order valence-electron chi connectivity index (χ4n) is 18.7. The van der Waals surface area contributed by atoms with Crippen molar-refractivity contribution in [1.29, 1.82) is 0 Å². The van der Waals surface area contributed by atoms with E-state index in [2.05, 4.69) is 455 Å². The maximum atomic E-state index is 7.43. The third-order valence-electron chi connectivity index (χ3n) is 25.2. The normalized spacial score (nSPS) is 12.8. The van der Waals surface area contributed by atoms with Crippen molar-refractivity contribution in [3.8, 4) is 68.2 Å². The Morgan fingerprint density at radius 2 is 0.398 bits per heavy atom. The van der Waals surface area contributed by atoms with E-state index in [0.29, 0.717) is 0 Å². The van der Waals surface area contributed by atoms with Crippen LogP contribution in [0.3, 0.4) is 0 Å². The van der Waals surface area contributed by atoms with Crippen LogP contribution in [0.15, 0.2) is 413 Å². The van der Waals surface area contributed by atoms with E-state index in [-0.39, 0.29) is 111 Å². The van der Waals surface area contributed by atoms with Crippen molar-refractivity contribution in [1.82, 2.24) is 0 Å². The average Bonchev–Trinajstić information content (AvgIpc) is 1.58. The maximum absolute atomic E-state index is 7.43. The molecule has 0 atom stereocenters. The molecular formula is C120H104Au4P4+4. The Kier molecular flexibility index (Phi) is 35.4. The average molecular weight is 2460 g/mol. The Labute approximate surface area is 830 Å². The standard InChI is InChI=1S/2C26H24P2.4C17H13.4Au/c2*1-5-13-23(14-6-1)27(24-15-7-2-8-16-24)21-22-28(25-17-9-3-10-18-25)26-19-11-4-12-20-26;2*1-4-12-8-7-11-15-16(12)13-9-5-6-10-14(13)17(15,2)3;1-4-12-9-10-16-14(11-12)13-7-5-6-8-15(13)17(16,2)3;1-4-12-9-10-14-13-7-5-6-8-15(13)17(2,3)16(14)11-12;;;;/h2*1-20H,21-22H2;4*5-11H,2-3H3;;;;/q;;4*-1;4*+1/p+4. The summed E-state index contributed by atoms with van der Waals surface area (Å²) in [5, 5.41) is 12.1. The minimum Gasteiger partial charge on any atom is -0.366 e. The van der Waals surface area contributed by atoms with Crippen LogP contribution in [-0.4, -0.2) is 24.6 Å². The first-order valence-corrected chi connectivity index (χ1v) is 49.8. The molecule has 0 nitrogen and oxygen atoms in total. The summed E-state index contributed by atoms with van der Waals surface area (Å²) in [6.07, 6.45) is 34.4. The van der Waals surface area contributed by atoms with Crippen LogP contribution in [0.5, 0.6) is 0 Å². The Balaban J connectivity index is 0.000000150. The van der Waals surface area contributed by atoms with Gasteiger partial charge in [-0.3, -0.25) is 23.7 Å². The molecule has 128 heavy (non-hydrogen) atoms. The summed E-state index contributed by atoms with van der Waals surface area (Å²) in [4.78, 5) is 0. The van der Waals surface area contributed by atoms with Crippen molar-refractivity contribution in [3.63, 3.8) is 0 Å². The van der Waals surface area contributed by atoms with Crippen molar-refractivity contribution in [2.75, 3.05) is 24.6 Å². The van der Waals surface area contributed by atoms with Gasteiger partial charge in [0.25, 0.3) is 0 Å². The van der Waals surface area contributed by atoms with E-state index in [0.717, 1.165) is 22.3 Å². The van der Waals surface area contributed by atoms with Gasteiger partial charge in [-0.2, -0.15) is 0 Å². The minimum atomic E-state index is -0.783. The van der Waals surface area contributed by atoms with Crippen LogP contribution in [-0.2, 0) is 111 Å². The van der Waals surface area contributed by atoms with Crippen LogP contribution in [0.1, 0.15) is 122 Å². The first kappa shape index (κ1) is 99.0. The van der Waals surface area contributed by atoms with Gasteiger partial charge in [-0.1, -0.05) is 346 Å². The summed E-state index contributed by atoms with van der Waals surface area (Å²) in [5.41, 5.74) is 24.3. The molecule has 4 aliphatic carbocycles. The van der Waals surface area contributed by atoms with Crippen LogP contribution in [0.2, 0.25) is 0 Å². The molecule has 0 aromatic heterocycles. The molecule has 0 heterocycles. The number of fused-ring (bicyclic) bond motifs is 12. The largest absolute Gasteiger partial charge is 1.00 e. The molecule has 0 bridgehead atoms. The summed E-state index contributed by atoms with van der Waals surface area (Å²) < 4.78 is 0. The fourth-order valence-corrected chi connectivity index (χ4v) is 31.1. The van der Waals surface area contributed by atoms with Gasteiger partial charge in [-0.25, -0.2) is 0 Å². The third kappa shape index (κ3) is 21.9. The third-order valence-corrected chi connectivity index (χ3v) is 37.4. The second kappa shape index (κ2) is 45.8. The van der Waals surface area contributed by atoms with Gasteiger partial charge >= 0.3 is 89.5 Å². The molecule has 8 heteroatoms. The molecule has 0 unspecified atom stereocenters. The van der Waals surface area contributed by atoms with E-state index >= 15 is 0 Å². The maximum Gasteiger partial charge on any atom is 1.00 e. The van der Waals surface area contributed by atoms with Crippen LogP contribution >= 0.6 is 31.7 Å². The van der Waals surface area contributed by atoms with Gasteiger partial charge < -0.3 is 25.7 Å². The van der Waals surface area contributed by atoms with Crippen LogP contribution in [0, 0.1) is 49.4 Å². The minimum absolute atomic E-state index is 0. The molecule has 0 radical (unpaired) electrons. The van der Waals surface area contributed by atoms with E-state index < -0.39 is 31.7 Å². The second-order valence-electron chi connectivity index (χ2n) is 34.0. The molecular weight excluding hydrogens is 2350 g/mol. The van der Waals surface area contributed by atoms with Crippen LogP contribution in [0.4, 0.5) is 0 Å². The van der Waals surface area contributed by atoms with Crippen molar-refractivity contribution in [2.45, 2.75) is 77.0 Å². The zero-order valence-electron chi connectivity index (χ0n) is 73.3. The quantitative estimate of drug-likeness (QED) is 0.0441. The Morgan fingerprint density at radius 1 is 0.188 bits per heavy atom. The molecule has 16 aromatic carbocycles. The van der Waals surface area contributed by atoms with Gasteiger partial charge in [0.1, 0.15) is 24.6 Å². The van der Waals surface area contributed by atoms with Crippen molar-refractivity contribution in [3.05, 3.63) is 505 Å². The van der Waals surface area contributed by atoms with E-state index in [1.807, 2.05) is 36.4 Å². The molecule has 16 aromatic rings. The van der Waals surface area contributed by atoms with Crippen LogP contribution in [0.25, 0.3) is 44.5 Å². The summed E-state index contributed by atoms with van der Waals surface area (Å²) in [6.45, 7) is 18.0. The molecule has 0 N–H and O–H groups in total. The Morgan fingerprint density at radius 3 is 0.688 bits per heavy atom. The number of benzene rings is 16.